The Kier molecular flexibility index (Phi) is 5.26. The minimum Gasteiger partial charge on any atom is -0.268 e. The quantitative estimate of drug-likeness (QED) is 0.306. The van der Waals surface area contributed by atoms with Crippen molar-refractivity contribution >= 4 is 16.9 Å². The summed E-state index contributed by atoms with van der Waals surface area (Å²) in [6, 6.07) is 27.7. The zero-order valence-corrected chi connectivity index (χ0v) is 20.0. The lowest BCUT2D eigenvalue weighted by Crippen LogP contribution is -2.14. The summed E-state index contributed by atoms with van der Waals surface area (Å²) < 4.78 is 3.52. The predicted molar refractivity (Wildman–Crippen MR) is 141 cm³/mol. The molecule has 3 aromatic carbocycles. The van der Waals surface area contributed by atoms with Gasteiger partial charge in [0.05, 0.1) is 27.8 Å². The van der Waals surface area contributed by atoms with E-state index in [2.05, 4.69) is 36.2 Å². The van der Waals surface area contributed by atoms with Crippen LogP contribution in [0.2, 0.25) is 0 Å². The first-order valence-electron chi connectivity index (χ1n) is 11.7. The number of fused-ring (bicyclic) bond motifs is 1. The lowest BCUT2D eigenvalue weighted by atomic mass is 10.1. The van der Waals surface area contributed by atoms with Gasteiger partial charge in [-0.15, -0.1) is 0 Å². The van der Waals surface area contributed by atoms with Crippen LogP contribution in [-0.2, 0) is 0 Å². The SMILES string of the molecule is Cc1ccc(-c2nn(-c3ccccc3)cc2-c2nc3ccccc3n2C(=O)c2cncc(C)c2)cc1. The van der Waals surface area contributed by atoms with Crippen LogP contribution in [0.1, 0.15) is 21.5 Å². The average Bonchev–Trinajstić information content (AvgIpc) is 3.51. The highest BCUT2D eigenvalue weighted by Crippen LogP contribution is 2.34. The molecule has 0 saturated heterocycles. The summed E-state index contributed by atoms with van der Waals surface area (Å²) in [6.45, 7) is 3.98. The van der Waals surface area contributed by atoms with Crippen LogP contribution in [0.4, 0.5) is 0 Å². The molecule has 6 aromatic rings. The maximum absolute atomic E-state index is 13.9. The van der Waals surface area contributed by atoms with E-state index in [-0.39, 0.29) is 5.91 Å². The van der Waals surface area contributed by atoms with Crippen molar-refractivity contribution in [2.45, 2.75) is 13.8 Å². The summed E-state index contributed by atoms with van der Waals surface area (Å²) in [5.74, 6) is 0.359. The molecule has 0 radical (unpaired) electrons. The van der Waals surface area contributed by atoms with Crippen LogP contribution in [-0.4, -0.2) is 30.2 Å². The first-order valence-corrected chi connectivity index (χ1v) is 11.7. The molecule has 0 saturated carbocycles. The van der Waals surface area contributed by atoms with Gasteiger partial charge in [0.2, 0.25) is 0 Å². The normalized spacial score (nSPS) is 11.2. The Morgan fingerprint density at radius 1 is 0.806 bits per heavy atom. The van der Waals surface area contributed by atoms with E-state index in [1.807, 2.05) is 78.5 Å². The molecule has 0 fully saturated rings. The van der Waals surface area contributed by atoms with Crippen LogP contribution >= 0.6 is 0 Å². The van der Waals surface area contributed by atoms with E-state index < -0.39 is 0 Å². The van der Waals surface area contributed by atoms with Crippen LogP contribution in [0.15, 0.2) is 104 Å². The van der Waals surface area contributed by atoms with Crippen molar-refractivity contribution < 1.29 is 4.79 Å². The number of pyridine rings is 1. The van der Waals surface area contributed by atoms with Gasteiger partial charge in [0, 0.05) is 24.2 Å². The highest BCUT2D eigenvalue weighted by Gasteiger charge is 2.24. The number of carbonyl (C=O) groups is 1. The van der Waals surface area contributed by atoms with Gasteiger partial charge in [-0.3, -0.25) is 14.3 Å². The van der Waals surface area contributed by atoms with Gasteiger partial charge < -0.3 is 0 Å². The second-order valence-corrected chi connectivity index (χ2v) is 8.85. The number of aromatic nitrogens is 5. The standard InChI is InChI=1S/C30H23N5O/c1-20-12-14-22(15-13-20)28-25(19-34(33-28)24-8-4-3-5-9-24)29-32-26-10-6-7-11-27(26)35(29)30(36)23-16-21(2)17-31-18-23/h3-19H,1-2H3. The van der Waals surface area contributed by atoms with Crippen molar-refractivity contribution in [1.29, 1.82) is 0 Å². The molecule has 0 aliphatic rings. The van der Waals surface area contributed by atoms with Gasteiger partial charge in [0.15, 0.2) is 5.82 Å². The Morgan fingerprint density at radius 3 is 2.33 bits per heavy atom. The lowest BCUT2D eigenvalue weighted by molar-refractivity contribution is 0.0966. The van der Waals surface area contributed by atoms with Crippen LogP contribution in [0.25, 0.3) is 39.4 Å². The predicted octanol–water partition coefficient (Wildman–Crippen LogP) is 6.26. The molecule has 0 amide bonds. The van der Waals surface area contributed by atoms with Crippen LogP contribution in [0, 0.1) is 13.8 Å². The molecule has 0 aliphatic heterocycles. The third kappa shape index (κ3) is 3.79. The zero-order valence-electron chi connectivity index (χ0n) is 20.0. The molecular formula is C30H23N5O. The molecular weight excluding hydrogens is 446 g/mol. The van der Waals surface area contributed by atoms with Gasteiger partial charge in [-0.1, -0.05) is 60.2 Å². The monoisotopic (exact) mass is 469 g/mol. The molecule has 0 aliphatic carbocycles. The van der Waals surface area contributed by atoms with E-state index in [9.17, 15) is 4.79 Å². The second-order valence-electron chi connectivity index (χ2n) is 8.85. The number of rotatable bonds is 4. The molecule has 36 heavy (non-hydrogen) atoms. The van der Waals surface area contributed by atoms with Gasteiger partial charge in [-0.2, -0.15) is 5.10 Å². The summed E-state index contributed by atoms with van der Waals surface area (Å²) in [6.07, 6.45) is 5.29. The minimum atomic E-state index is -0.183. The summed E-state index contributed by atoms with van der Waals surface area (Å²) in [5.41, 5.74) is 7.47. The summed E-state index contributed by atoms with van der Waals surface area (Å²) in [4.78, 5) is 23.1. The third-order valence-corrected chi connectivity index (χ3v) is 6.19. The van der Waals surface area contributed by atoms with E-state index in [0.717, 1.165) is 44.7 Å². The fourth-order valence-corrected chi connectivity index (χ4v) is 4.39. The number of aryl methyl sites for hydroxylation is 2. The largest absolute Gasteiger partial charge is 0.268 e. The van der Waals surface area contributed by atoms with Crippen molar-refractivity contribution in [3.8, 4) is 28.3 Å². The number of hydrogen-bond donors (Lipinski definition) is 0. The first-order chi connectivity index (χ1) is 17.6. The summed E-state index contributed by atoms with van der Waals surface area (Å²) >= 11 is 0. The van der Waals surface area contributed by atoms with Gasteiger partial charge >= 0.3 is 0 Å². The Hall–Kier alpha value is -4.84. The topological polar surface area (TPSA) is 65.6 Å². The lowest BCUT2D eigenvalue weighted by Gasteiger charge is -2.09. The van der Waals surface area contributed by atoms with Crippen molar-refractivity contribution in [2.24, 2.45) is 0 Å². The number of nitrogens with zero attached hydrogens (tertiary/aromatic N) is 5. The van der Waals surface area contributed by atoms with Crippen molar-refractivity contribution in [2.75, 3.05) is 0 Å². The summed E-state index contributed by atoms with van der Waals surface area (Å²) in [7, 11) is 0. The van der Waals surface area contributed by atoms with E-state index >= 15 is 0 Å². The smallest absolute Gasteiger partial charge is 0.265 e. The van der Waals surface area contributed by atoms with Crippen molar-refractivity contribution in [3.05, 3.63) is 120 Å². The summed E-state index contributed by atoms with van der Waals surface area (Å²) in [5, 5.41) is 4.95. The fraction of sp³-hybridized carbons (Fsp3) is 0.0667. The molecule has 3 aromatic heterocycles. The minimum absolute atomic E-state index is 0.183. The maximum Gasteiger partial charge on any atom is 0.265 e. The number of para-hydroxylation sites is 3. The molecule has 6 rings (SSSR count). The Bertz CT molecular complexity index is 1710. The van der Waals surface area contributed by atoms with Gasteiger partial charge in [0.25, 0.3) is 5.91 Å². The van der Waals surface area contributed by atoms with Crippen LogP contribution < -0.4 is 0 Å². The fourth-order valence-electron chi connectivity index (χ4n) is 4.39. The highest BCUT2D eigenvalue weighted by atomic mass is 16.2. The van der Waals surface area contributed by atoms with Gasteiger partial charge in [0.1, 0.15) is 5.69 Å². The Labute approximate surface area is 208 Å². The Morgan fingerprint density at radius 2 is 1.56 bits per heavy atom. The molecule has 0 bridgehead atoms. The van der Waals surface area contributed by atoms with Crippen LogP contribution in [0.3, 0.4) is 0 Å². The number of carbonyl (C=O) groups excluding carboxylic acids is 1. The molecule has 3 heterocycles. The second kappa shape index (κ2) is 8.74. The van der Waals surface area contributed by atoms with Gasteiger partial charge in [-0.25, -0.2) is 9.67 Å². The molecule has 174 valence electrons. The van der Waals surface area contributed by atoms with E-state index in [1.54, 1.807) is 17.0 Å². The van der Waals surface area contributed by atoms with Gasteiger partial charge in [-0.05, 0) is 49.7 Å². The van der Waals surface area contributed by atoms with Crippen LogP contribution in [0.5, 0.6) is 0 Å². The molecule has 6 heteroatoms. The maximum atomic E-state index is 13.9. The van der Waals surface area contributed by atoms with Crippen molar-refractivity contribution in [1.82, 2.24) is 24.3 Å². The average molecular weight is 470 g/mol. The molecule has 6 nitrogen and oxygen atoms in total. The Balaban J connectivity index is 1.63. The van der Waals surface area contributed by atoms with E-state index in [0.29, 0.717) is 11.4 Å². The first kappa shape index (κ1) is 21.7. The zero-order chi connectivity index (χ0) is 24.6. The highest BCUT2D eigenvalue weighted by molar-refractivity contribution is 6.04. The molecule has 0 N–H and O–H groups in total. The molecule has 0 unspecified atom stereocenters. The van der Waals surface area contributed by atoms with E-state index in [4.69, 9.17) is 10.1 Å². The molecule has 0 spiro atoms. The number of benzene rings is 3. The van der Waals surface area contributed by atoms with E-state index in [1.165, 1.54) is 0 Å². The third-order valence-electron chi connectivity index (χ3n) is 6.19. The molecule has 0 atom stereocenters. The number of hydrogen-bond acceptors (Lipinski definition) is 4. The van der Waals surface area contributed by atoms with Crippen molar-refractivity contribution in [3.63, 3.8) is 0 Å². The number of imidazole rings is 1.